The SMILES string of the molecule is COCCCN(CCOC)CC(O)CNC(C)(C)C. The topological polar surface area (TPSA) is 54.0 Å². The number of rotatable bonds is 11. The lowest BCUT2D eigenvalue weighted by molar-refractivity contribution is 0.0782. The summed E-state index contributed by atoms with van der Waals surface area (Å²) in [7, 11) is 3.41. The molecule has 5 heteroatoms. The van der Waals surface area contributed by atoms with Gasteiger partial charge >= 0.3 is 0 Å². The number of hydrogen-bond donors (Lipinski definition) is 2. The number of methoxy groups -OCH3 is 2. The summed E-state index contributed by atoms with van der Waals surface area (Å²) in [4.78, 5) is 2.22. The first-order chi connectivity index (χ1) is 8.89. The summed E-state index contributed by atoms with van der Waals surface area (Å²) < 4.78 is 10.2. The van der Waals surface area contributed by atoms with Gasteiger partial charge in [-0.3, -0.25) is 4.90 Å². The third-order valence-corrected chi connectivity index (χ3v) is 2.77. The van der Waals surface area contributed by atoms with Crippen molar-refractivity contribution in [3.05, 3.63) is 0 Å². The van der Waals surface area contributed by atoms with Crippen molar-refractivity contribution >= 4 is 0 Å². The fourth-order valence-electron chi connectivity index (χ4n) is 1.73. The molecule has 0 fully saturated rings. The minimum absolute atomic E-state index is 0.0361. The number of ether oxygens (including phenoxy) is 2. The molecule has 2 N–H and O–H groups in total. The second kappa shape index (κ2) is 10.6. The predicted octanol–water partition coefficient (Wildman–Crippen LogP) is 0.720. The molecule has 0 aliphatic carbocycles. The number of aliphatic hydroxyl groups is 1. The van der Waals surface area contributed by atoms with Gasteiger partial charge in [-0.2, -0.15) is 0 Å². The van der Waals surface area contributed by atoms with E-state index >= 15 is 0 Å². The van der Waals surface area contributed by atoms with Crippen LogP contribution in [-0.4, -0.2) is 75.3 Å². The van der Waals surface area contributed by atoms with Gasteiger partial charge in [-0.05, 0) is 27.2 Å². The summed E-state index contributed by atoms with van der Waals surface area (Å²) >= 11 is 0. The van der Waals surface area contributed by atoms with E-state index in [4.69, 9.17) is 9.47 Å². The highest BCUT2D eigenvalue weighted by molar-refractivity contribution is 4.74. The largest absolute Gasteiger partial charge is 0.390 e. The molecule has 0 rings (SSSR count). The zero-order valence-electron chi connectivity index (χ0n) is 13.2. The van der Waals surface area contributed by atoms with E-state index in [0.29, 0.717) is 19.7 Å². The zero-order valence-corrected chi connectivity index (χ0v) is 13.2. The molecule has 0 radical (unpaired) electrons. The molecule has 0 heterocycles. The van der Waals surface area contributed by atoms with Crippen LogP contribution in [0.5, 0.6) is 0 Å². The lowest BCUT2D eigenvalue weighted by Gasteiger charge is -2.27. The monoisotopic (exact) mass is 276 g/mol. The number of aliphatic hydroxyl groups excluding tert-OH is 1. The van der Waals surface area contributed by atoms with Crippen molar-refractivity contribution in [1.82, 2.24) is 10.2 Å². The Morgan fingerprint density at radius 3 is 2.26 bits per heavy atom. The Labute approximate surface area is 118 Å². The Bertz CT molecular complexity index is 207. The minimum Gasteiger partial charge on any atom is -0.390 e. The summed E-state index contributed by atoms with van der Waals surface area (Å²) in [5.41, 5.74) is 0.0361. The Kier molecular flexibility index (Phi) is 10.5. The number of hydrogen-bond acceptors (Lipinski definition) is 5. The molecule has 116 valence electrons. The lowest BCUT2D eigenvalue weighted by atomic mass is 10.1. The minimum atomic E-state index is -0.362. The molecular weight excluding hydrogens is 244 g/mol. The molecule has 0 aromatic heterocycles. The maximum Gasteiger partial charge on any atom is 0.0791 e. The first kappa shape index (κ1) is 18.8. The van der Waals surface area contributed by atoms with E-state index in [1.54, 1.807) is 14.2 Å². The highest BCUT2D eigenvalue weighted by Gasteiger charge is 2.15. The standard InChI is InChI=1S/C14H32N2O3/c1-14(2,3)15-11-13(17)12-16(8-10-19-5)7-6-9-18-4/h13,15,17H,6-12H2,1-5H3. The molecule has 0 saturated heterocycles. The Balaban J connectivity index is 3.98. The average Bonchev–Trinajstić information content (AvgIpc) is 2.32. The molecule has 0 saturated carbocycles. The zero-order chi connectivity index (χ0) is 14.7. The highest BCUT2D eigenvalue weighted by atomic mass is 16.5. The van der Waals surface area contributed by atoms with Gasteiger partial charge < -0.3 is 19.9 Å². The second-order valence-electron chi connectivity index (χ2n) is 5.92. The first-order valence-electron chi connectivity index (χ1n) is 7.02. The Morgan fingerprint density at radius 2 is 1.74 bits per heavy atom. The lowest BCUT2D eigenvalue weighted by Crippen LogP contribution is -2.45. The highest BCUT2D eigenvalue weighted by Crippen LogP contribution is 2.00. The van der Waals surface area contributed by atoms with Gasteiger partial charge in [0.1, 0.15) is 0 Å². The molecule has 0 aromatic carbocycles. The molecule has 19 heavy (non-hydrogen) atoms. The van der Waals surface area contributed by atoms with Crippen molar-refractivity contribution in [3.63, 3.8) is 0 Å². The summed E-state index contributed by atoms with van der Waals surface area (Å²) in [6.45, 7) is 10.8. The van der Waals surface area contributed by atoms with Crippen molar-refractivity contribution < 1.29 is 14.6 Å². The van der Waals surface area contributed by atoms with E-state index in [1.165, 1.54) is 0 Å². The molecule has 0 bridgehead atoms. The smallest absolute Gasteiger partial charge is 0.0791 e. The van der Waals surface area contributed by atoms with Crippen molar-refractivity contribution in [2.24, 2.45) is 0 Å². The van der Waals surface area contributed by atoms with Gasteiger partial charge in [0.2, 0.25) is 0 Å². The van der Waals surface area contributed by atoms with E-state index in [9.17, 15) is 5.11 Å². The van der Waals surface area contributed by atoms with Gasteiger partial charge in [0, 0.05) is 52.5 Å². The predicted molar refractivity (Wildman–Crippen MR) is 78.6 cm³/mol. The van der Waals surface area contributed by atoms with E-state index in [2.05, 4.69) is 31.0 Å². The summed E-state index contributed by atoms with van der Waals surface area (Å²) in [5, 5.41) is 13.4. The van der Waals surface area contributed by atoms with Crippen molar-refractivity contribution in [2.45, 2.75) is 38.8 Å². The van der Waals surface area contributed by atoms with Crippen LogP contribution < -0.4 is 5.32 Å². The maximum absolute atomic E-state index is 10.1. The molecular formula is C14H32N2O3. The van der Waals surface area contributed by atoms with Crippen LogP contribution in [0.2, 0.25) is 0 Å². The summed E-state index contributed by atoms with van der Waals surface area (Å²) in [5.74, 6) is 0. The molecule has 0 amide bonds. The third kappa shape index (κ3) is 12.6. The summed E-state index contributed by atoms with van der Waals surface area (Å²) in [6.07, 6.45) is 0.609. The Hall–Kier alpha value is -0.200. The van der Waals surface area contributed by atoms with Crippen molar-refractivity contribution in [1.29, 1.82) is 0 Å². The van der Waals surface area contributed by atoms with Crippen molar-refractivity contribution in [3.8, 4) is 0 Å². The van der Waals surface area contributed by atoms with E-state index in [0.717, 1.165) is 26.1 Å². The van der Waals surface area contributed by atoms with Crippen LogP contribution in [0, 0.1) is 0 Å². The van der Waals surface area contributed by atoms with Crippen LogP contribution in [-0.2, 0) is 9.47 Å². The molecule has 5 nitrogen and oxygen atoms in total. The van der Waals surface area contributed by atoms with E-state index < -0.39 is 0 Å². The maximum atomic E-state index is 10.1. The number of nitrogens with zero attached hydrogens (tertiary/aromatic N) is 1. The molecule has 1 unspecified atom stereocenters. The second-order valence-corrected chi connectivity index (χ2v) is 5.92. The van der Waals surface area contributed by atoms with Gasteiger partial charge in [0.05, 0.1) is 12.7 Å². The van der Waals surface area contributed by atoms with Crippen LogP contribution in [0.15, 0.2) is 0 Å². The van der Waals surface area contributed by atoms with Crippen molar-refractivity contribution in [2.75, 3.05) is 53.6 Å². The average molecular weight is 276 g/mol. The van der Waals surface area contributed by atoms with Gasteiger partial charge in [-0.25, -0.2) is 0 Å². The molecule has 0 aliphatic rings. The van der Waals surface area contributed by atoms with Gasteiger partial charge in [-0.1, -0.05) is 0 Å². The number of β-amino-alcohol motifs (C(OH)–C–C–N with tert-alkyl or cyclic N) is 1. The van der Waals surface area contributed by atoms with Crippen LogP contribution in [0.25, 0.3) is 0 Å². The van der Waals surface area contributed by atoms with Gasteiger partial charge in [-0.15, -0.1) is 0 Å². The van der Waals surface area contributed by atoms with Crippen LogP contribution >= 0.6 is 0 Å². The van der Waals surface area contributed by atoms with Crippen LogP contribution in [0.4, 0.5) is 0 Å². The normalized spacial score (nSPS) is 14.1. The molecule has 0 aromatic rings. The van der Waals surface area contributed by atoms with Gasteiger partial charge in [0.25, 0.3) is 0 Å². The van der Waals surface area contributed by atoms with E-state index in [1.807, 2.05) is 0 Å². The third-order valence-electron chi connectivity index (χ3n) is 2.77. The molecule has 1 atom stereocenters. The van der Waals surface area contributed by atoms with Crippen LogP contribution in [0.1, 0.15) is 27.2 Å². The summed E-state index contributed by atoms with van der Waals surface area (Å²) in [6, 6.07) is 0. The molecule has 0 spiro atoms. The van der Waals surface area contributed by atoms with Crippen LogP contribution in [0.3, 0.4) is 0 Å². The fraction of sp³-hybridized carbons (Fsp3) is 1.00. The quantitative estimate of drug-likeness (QED) is 0.545. The fourth-order valence-corrected chi connectivity index (χ4v) is 1.73. The molecule has 0 aliphatic heterocycles. The van der Waals surface area contributed by atoms with E-state index in [-0.39, 0.29) is 11.6 Å². The number of nitrogens with one attached hydrogen (secondary N) is 1. The van der Waals surface area contributed by atoms with Gasteiger partial charge in [0.15, 0.2) is 0 Å². The Morgan fingerprint density at radius 1 is 1.11 bits per heavy atom. The first-order valence-corrected chi connectivity index (χ1v) is 7.02.